The van der Waals surface area contributed by atoms with Crippen molar-refractivity contribution in [3.63, 3.8) is 0 Å². The summed E-state index contributed by atoms with van der Waals surface area (Å²) in [5.41, 5.74) is -0.885. The second-order valence-electron chi connectivity index (χ2n) is 2.79. The van der Waals surface area contributed by atoms with E-state index < -0.39 is 26.5 Å². The quantitative estimate of drug-likeness (QED) is 0.626. The first-order valence-electron chi connectivity index (χ1n) is 3.71. The Morgan fingerprint density at radius 2 is 2.07 bits per heavy atom. The number of hydrogen-bond donors (Lipinski definition) is 1. The first-order chi connectivity index (χ1) is 6.79. The molecule has 0 radical (unpaired) electrons. The van der Waals surface area contributed by atoms with Gasteiger partial charge in [-0.3, -0.25) is 14.8 Å². The first-order valence-corrected chi connectivity index (χ1v) is 5.60. The molecular formula is C7H7FN2O4S. The normalized spacial score (nSPS) is 11.1. The number of sulfonamides is 1. The van der Waals surface area contributed by atoms with Crippen LogP contribution in [0.5, 0.6) is 0 Å². The van der Waals surface area contributed by atoms with Gasteiger partial charge in [-0.25, -0.2) is 12.8 Å². The minimum Gasteiger partial charge on any atom is -0.277 e. The number of rotatable bonds is 3. The molecule has 0 saturated carbocycles. The standard InChI is InChI=1S/C7H7FN2O4S/c1-15(13,14)9-6-3-2-5(8)4-7(6)10(11)12/h2-4,9H,1H3. The average molecular weight is 234 g/mol. The Labute approximate surface area is 84.9 Å². The smallest absolute Gasteiger partial charge is 0.277 e. The minimum absolute atomic E-state index is 0.260. The second kappa shape index (κ2) is 3.81. The number of nitro groups is 1. The minimum atomic E-state index is -3.62. The van der Waals surface area contributed by atoms with Crippen LogP contribution in [0.3, 0.4) is 0 Å². The molecule has 0 bridgehead atoms. The predicted molar refractivity (Wildman–Crippen MR) is 51.5 cm³/mol. The Morgan fingerprint density at radius 1 is 1.47 bits per heavy atom. The molecule has 0 saturated heterocycles. The van der Waals surface area contributed by atoms with Crippen LogP contribution in [0.15, 0.2) is 18.2 Å². The summed E-state index contributed by atoms with van der Waals surface area (Å²) in [6.07, 6.45) is 0.847. The highest BCUT2D eigenvalue weighted by atomic mass is 32.2. The summed E-state index contributed by atoms with van der Waals surface area (Å²) in [4.78, 5) is 9.60. The lowest BCUT2D eigenvalue weighted by Gasteiger charge is -2.04. The van der Waals surface area contributed by atoms with E-state index in [0.29, 0.717) is 6.07 Å². The van der Waals surface area contributed by atoms with Crippen molar-refractivity contribution in [2.45, 2.75) is 0 Å². The lowest BCUT2D eigenvalue weighted by molar-refractivity contribution is -0.384. The molecule has 1 rings (SSSR count). The zero-order chi connectivity index (χ0) is 11.6. The molecule has 0 unspecified atom stereocenters. The van der Waals surface area contributed by atoms with E-state index in [-0.39, 0.29) is 5.69 Å². The summed E-state index contributed by atoms with van der Waals surface area (Å²) < 4.78 is 36.2. The summed E-state index contributed by atoms with van der Waals surface area (Å²) in [5.74, 6) is -0.805. The third kappa shape index (κ3) is 3.17. The van der Waals surface area contributed by atoms with Crippen LogP contribution in [0.25, 0.3) is 0 Å². The first kappa shape index (κ1) is 11.4. The molecule has 0 aliphatic carbocycles. The Morgan fingerprint density at radius 3 is 2.53 bits per heavy atom. The van der Waals surface area contributed by atoms with Crippen molar-refractivity contribution in [1.29, 1.82) is 0 Å². The summed E-state index contributed by atoms with van der Waals surface area (Å²) in [7, 11) is -3.62. The van der Waals surface area contributed by atoms with E-state index in [1.165, 1.54) is 0 Å². The number of anilines is 1. The fraction of sp³-hybridized carbons (Fsp3) is 0.143. The second-order valence-corrected chi connectivity index (χ2v) is 4.54. The van der Waals surface area contributed by atoms with Gasteiger partial charge in [0, 0.05) is 0 Å². The lowest BCUT2D eigenvalue weighted by atomic mass is 10.3. The van der Waals surface area contributed by atoms with Gasteiger partial charge < -0.3 is 0 Å². The van der Waals surface area contributed by atoms with Crippen LogP contribution in [0.2, 0.25) is 0 Å². The SMILES string of the molecule is CS(=O)(=O)Nc1ccc(F)cc1[N+](=O)[O-]. The van der Waals surface area contributed by atoms with Crippen molar-refractivity contribution >= 4 is 21.4 Å². The molecule has 1 N–H and O–H groups in total. The maximum absolute atomic E-state index is 12.7. The monoisotopic (exact) mass is 234 g/mol. The average Bonchev–Trinajstić information content (AvgIpc) is 2.05. The third-order valence-corrected chi connectivity index (χ3v) is 2.04. The number of halogens is 1. The van der Waals surface area contributed by atoms with Crippen molar-refractivity contribution in [2.24, 2.45) is 0 Å². The van der Waals surface area contributed by atoms with Crippen LogP contribution in [-0.2, 0) is 10.0 Å². The maximum atomic E-state index is 12.7. The topological polar surface area (TPSA) is 89.3 Å². The van der Waals surface area contributed by atoms with Gasteiger partial charge in [0.1, 0.15) is 11.5 Å². The van der Waals surface area contributed by atoms with Gasteiger partial charge in [0.2, 0.25) is 10.0 Å². The molecule has 0 amide bonds. The van der Waals surface area contributed by atoms with Crippen LogP contribution < -0.4 is 4.72 Å². The van der Waals surface area contributed by atoms with Gasteiger partial charge in [0.05, 0.1) is 17.2 Å². The number of benzene rings is 1. The molecule has 15 heavy (non-hydrogen) atoms. The van der Waals surface area contributed by atoms with E-state index in [4.69, 9.17) is 0 Å². The zero-order valence-electron chi connectivity index (χ0n) is 7.60. The van der Waals surface area contributed by atoms with E-state index in [9.17, 15) is 22.9 Å². The van der Waals surface area contributed by atoms with Gasteiger partial charge in [-0.05, 0) is 12.1 Å². The van der Waals surface area contributed by atoms with Crippen molar-refractivity contribution in [3.8, 4) is 0 Å². The Balaban J connectivity index is 3.24. The number of hydrogen-bond acceptors (Lipinski definition) is 4. The van der Waals surface area contributed by atoms with Gasteiger partial charge in [-0.1, -0.05) is 0 Å². The fourth-order valence-corrected chi connectivity index (χ4v) is 1.51. The van der Waals surface area contributed by atoms with E-state index >= 15 is 0 Å². The largest absolute Gasteiger partial charge is 0.296 e. The molecule has 0 fully saturated rings. The molecule has 8 heteroatoms. The highest BCUT2D eigenvalue weighted by molar-refractivity contribution is 7.92. The predicted octanol–water partition coefficient (Wildman–Crippen LogP) is 1.11. The molecule has 1 aromatic rings. The van der Waals surface area contributed by atoms with Crippen LogP contribution in [0.4, 0.5) is 15.8 Å². The van der Waals surface area contributed by atoms with Gasteiger partial charge in [0.15, 0.2) is 0 Å². The highest BCUT2D eigenvalue weighted by Gasteiger charge is 2.17. The summed E-state index contributed by atoms with van der Waals surface area (Å²) in [6, 6.07) is 2.57. The maximum Gasteiger partial charge on any atom is 0.296 e. The van der Waals surface area contributed by atoms with Gasteiger partial charge in [0.25, 0.3) is 5.69 Å². The molecule has 0 spiro atoms. The fourth-order valence-electron chi connectivity index (χ4n) is 0.942. The zero-order valence-corrected chi connectivity index (χ0v) is 8.41. The van der Waals surface area contributed by atoms with Crippen LogP contribution in [-0.4, -0.2) is 19.6 Å². The summed E-state index contributed by atoms with van der Waals surface area (Å²) in [5, 5.41) is 10.5. The Bertz CT molecular complexity index is 500. The number of nitrogens with one attached hydrogen (secondary N) is 1. The molecule has 0 aliphatic rings. The third-order valence-electron chi connectivity index (χ3n) is 1.45. The molecule has 0 aromatic heterocycles. The molecule has 0 heterocycles. The van der Waals surface area contributed by atoms with E-state index in [1.54, 1.807) is 0 Å². The van der Waals surface area contributed by atoms with Crippen LogP contribution >= 0.6 is 0 Å². The van der Waals surface area contributed by atoms with Gasteiger partial charge in [-0.2, -0.15) is 0 Å². The van der Waals surface area contributed by atoms with Crippen molar-refractivity contribution in [2.75, 3.05) is 11.0 Å². The summed E-state index contributed by atoms with van der Waals surface area (Å²) >= 11 is 0. The molecule has 0 aliphatic heterocycles. The van der Waals surface area contributed by atoms with E-state index in [2.05, 4.69) is 0 Å². The van der Waals surface area contributed by atoms with Gasteiger partial charge >= 0.3 is 0 Å². The number of nitrogens with zero attached hydrogens (tertiary/aromatic N) is 1. The Hall–Kier alpha value is -1.70. The highest BCUT2D eigenvalue weighted by Crippen LogP contribution is 2.25. The van der Waals surface area contributed by atoms with Crippen molar-refractivity contribution < 1.29 is 17.7 Å². The molecule has 6 nitrogen and oxygen atoms in total. The molecule has 1 aromatic carbocycles. The summed E-state index contributed by atoms with van der Waals surface area (Å²) in [6.45, 7) is 0. The number of nitro benzene ring substituents is 1. The molecule has 0 atom stereocenters. The van der Waals surface area contributed by atoms with Crippen molar-refractivity contribution in [1.82, 2.24) is 0 Å². The lowest BCUT2D eigenvalue weighted by Crippen LogP contribution is -2.11. The Kier molecular flexibility index (Phi) is 2.89. The van der Waals surface area contributed by atoms with E-state index in [0.717, 1.165) is 18.4 Å². The molecular weight excluding hydrogens is 227 g/mol. The van der Waals surface area contributed by atoms with Crippen LogP contribution in [0, 0.1) is 15.9 Å². The van der Waals surface area contributed by atoms with Crippen molar-refractivity contribution in [3.05, 3.63) is 34.1 Å². The molecule has 82 valence electrons. The van der Waals surface area contributed by atoms with Crippen LogP contribution in [0.1, 0.15) is 0 Å². The van der Waals surface area contributed by atoms with Gasteiger partial charge in [-0.15, -0.1) is 0 Å². The van der Waals surface area contributed by atoms with E-state index in [1.807, 2.05) is 4.72 Å².